The zero-order valence-electron chi connectivity index (χ0n) is 34.4. The van der Waals surface area contributed by atoms with E-state index in [0.29, 0.717) is 0 Å². The highest BCUT2D eigenvalue weighted by atomic mass is 32.1. The van der Waals surface area contributed by atoms with Crippen molar-refractivity contribution in [3.05, 3.63) is 206 Å². The molecule has 0 aliphatic heterocycles. The quantitative estimate of drug-likeness (QED) is 0.172. The Morgan fingerprint density at radius 3 is 1.61 bits per heavy atom. The minimum absolute atomic E-state index is 0.898. The predicted octanol–water partition coefficient (Wildman–Crippen LogP) is 16.4. The fourth-order valence-electron chi connectivity index (χ4n) is 9.09. The normalized spacial score (nSPS) is 11.3. The molecular formula is C57H44N2OS. The largest absolute Gasteiger partial charge is 0.456 e. The zero-order chi connectivity index (χ0) is 41.5. The monoisotopic (exact) mass is 804 g/mol. The Labute approximate surface area is 361 Å². The Balaban J connectivity index is 0.00000108. The van der Waals surface area contributed by atoms with Crippen LogP contribution in [0.5, 0.6) is 0 Å². The molecule has 3 aromatic heterocycles. The van der Waals surface area contributed by atoms with Gasteiger partial charge in [-0.15, -0.1) is 0 Å². The van der Waals surface area contributed by atoms with Crippen LogP contribution in [0.1, 0.15) is 13.8 Å². The predicted molar refractivity (Wildman–Crippen MR) is 265 cm³/mol. The van der Waals surface area contributed by atoms with Gasteiger partial charge in [-0.1, -0.05) is 153 Å². The van der Waals surface area contributed by atoms with Crippen molar-refractivity contribution < 1.29 is 4.42 Å². The Bertz CT molecular complexity index is 3520. The van der Waals surface area contributed by atoms with E-state index in [2.05, 4.69) is 216 Å². The van der Waals surface area contributed by atoms with Crippen LogP contribution < -0.4 is 0 Å². The van der Waals surface area contributed by atoms with Crippen LogP contribution in [0.15, 0.2) is 211 Å². The van der Waals surface area contributed by atoms with Gasteiger partial charge in [0.1, 0.15) is 11.2 Å². The van der Waals surface area contributed by atoms with Gasteiger partial charge in [0.15, 0.2) is 0 Å². The van der Waals surface area contributed by atoms with E-state index in [0.717, 1.165) is 38.8 Å². The minimum atomic E-state index is 0.898. The highest BCUT2D eigenvalue weighted by Crippen LogP contribution is 2.42. The number of hydrogen-bond acceptors (Lipinski definition) is 2. The molecular weight excluding hydrogens is 761 g/mol. The van der Waals surface area contributed by atoms with E-state index in [1.807, 2.05) is 26.0 Å². The first-order valence-electron chi connectivity index (χ1n) is 21.0. The summed E-state index contributed by atoms with van der Waals surface area (Å²) in [5.74, 6) is 0. The summed E-state index contributed by atoms with van der Waals surface area (Å²) in [5, 5.41) is 7.16. The van der Waals surface area contributed by atoms with Crippen molar-refractivity contribution >= 4 is 78.2 Å². The molecule has 3 heterocycles. The van der Waals surface area contributed by atoms with Crippen LogP contribution in [0, 0.1) is 0 Å². The highest BCUT2D eigenvalue weighted by Gasteiger charge is 2.20. The second-order valence-electron chi connectivity index (χ2n) is 14.9. The number of furan rings is 1. The first-order chi connectivity index (χ1) is 30.3. The summed E-state index contributed by atoms with van der Waals surface area (Å²) in [5.41, 5.74) is 16.1. The molecule has 0 atom stereocenters. The van der Waals surface area contributed by atoms with E-state index >= 15 is 0 Å². The van der Waals surface area contributed by atoms with Gasteiger partial charge in [0.05, 0.1) is 27.8 Å². The highest BCUT2D eigenvalue weighted by molar-refractivity contribution is 7.79. The van der Waals surface area contributed by atoms with Crippen LogP contribution in [0.4, 0.5) is 0 Å². The van der Waals surface area contributed by atoms with Crippen molar-refractivity contribution in [3.63, 3.8) is 0 Å². The van der Waals surface area contributed by atoms with Crippen molar-refractivity contribution in [2.45, 2.75) is 13.8 Å². The summed E-state index contributed by atoms with van der Waals surface area (Å²) >= 11 is 3.53. The molecule has 0 unspecified atom stereocenters. The third-order valence-corrected chi connectivity index (χ3v) is 11.7. The van der Waals surface area contributed by atoms with Gasteiger partial charge in [-0.2, -0.15) is 12.6 Å². The van der Waals surface area contributed by atoms with Gasteiger partial charge in [-0.3, -0.25) is 0 Å². The molecule has 9 aromatic carbocycles. The number of thiol groups is 1. The molecule has 294 valence electrons. The summed E-state index contributed by atoms with van der Waals surface area (Å²) in [6.07, 6.45) is 1.69. The van der Waals surface area contributed by atoms with Gasteiger partial charge in [0.25, 0.3) is 0 Å². The van der Waals surface area contributed by atoms with Crippen molar-refractivity contribution in [2.75, 3.05) is 6.26 Å². The summed E-state index contributed by atoms with van der Waals surface area (Å²) in [4.78, 5) is 0. The molecule has 0 radical (unpaired) electrons. The number of aromatic nitrogens is 2. The SMILES string of the molecule is CC.CS.c1ccc(-c2ccc(-c3cccc(-c4ccc5c(c4)c4ccccc4n5-c4cccc5c4c4ccccc4n5-c4ccc5oc6ccccc6c5c4)c3)cc2)cc1. The lowest BCUT2D eigenvalue weighted by molar-refractivity contribution is 0.669. The molecule has 3 nitrogen and oxygen atoms in total. The second kappa shape index (κ2) is 16.1. The Kier molecular flexibility index (Phi) is 10.00. The zero-order valence-corrected chi connectivity index (χ0v) is 35.3. The van der Waals surface area contributed by atoms with E-state index in [-0.39, 0.29) is 0 Å². The summed E-state index contributed by atoms with van der Waals surface area (Å²) in [6.45, 7) is 4.00. The van der Waals surface area contributed by atoms with Gasteiger partial charge in [-0.25, -0.2) is 0 Å². The number of hydrogen-bond donors (Lipinski definition) is 1. The fraction of sp³-hybridized carbons (Fsp3) is 0.0526. The van der Waals surface area contributed by atoms with Crippen LogP contribution in [-0.2, 0) is 0 Å². The molecule has 0 spiro atoms. The van der Waals surface area contributed by atoms with Gasteiger partial charge in [0.2, 0.25) is 0 Å². The van der Waals surface area contributed by atoms with Crippen LogP contribution in [0.25, 0.3) is 110 Å². The average molecular weight is 805 g/mol. The van der Waals surface area contributed by atoms with E-state index in [1.165, 1.54) is 71.5 Å². The Morgan fingerprint density at radius 2 is 0.836 bits per heavy atom. The topological polar surface area (TPSA) is 23.0 Å². The lowest BCUT2D eigenvalue weighted by atomic mass is 9.96. The molecule has 0 amide bonds. The molecule has 12 aromatic rings. The standard InChI is InChI=1S/C54H34N2O.C2H6.CH4S/c1-2-12-35(13-3-1)36-24-26-37(27-25-36)38-14-10-15-39(32-38)40-28-30-49-45(33-40)42-16-4-7-19-47(42)56(49)51-22-11-21-50-54(51)44-18-5-8-20-48(44)55(50)41-29-31-53-46(34-41)43-17-6-9-23-52(43)57-53;2*1-2/h1-34H;1-2H3;2H,1H3. The van der Waals surface area contributed by atoms with Crippen LogP contribution >= 0.6 is 12.6 Å². The van der Waals surface area contributed by atoms with Crippen LogP contribution in [0.3, 0.4) is 0 Å². The Morgan fingerprint density at radius 1 is 0.328 bits per heavy atom. The average Bonchev–Trinajstić information content (AvgIpc) is 4.00. The fourth-order valence-corrected chi connectivity index (χ4v) is 9.09. The van der Waals surface area contributed by atoms with Gasteiger partial charge in [-0.05, 0) is 106 Å². The third kappa shape index (κ3) is 6.39. The lowest BCUT2D eigenvalue weighted by Crippen LogP contribution is -1.96. The van der Waals surface area contributed by atoms with Crippen molar-refractivity contribution in [3.8, 4) is 44.8 Å². The maximum Gasteiger partial charge on any atom is 0.135 e. The van der Waals surface area contributed by atoms with Gasteiger partial charge >= 0.3 is 0 Å². The summed E-state index contributed by atoms with van der Waals surface area (Å²) < 4.78 is 11.1. The molecule has 0 aliphatic rings. The maximum atomic E-state index is 6.22. The van der Waals surface area contributed by atoms with E-state index < -0.39 is 0 Å². The van der Waals surface area contributed by atoms with E-state index in [9.17, 15) is 0 Å². The van der Waals surface area contributed by atoms with E-state index in [4.69, 9.17) is 4.42 Å². The molecule has 0 bridgehead atoms. The van der Waals surface area contributed by atoms with Gasteiger partial charge < -0.3 is 13.6 Å². The molecule has 0 saturated heterocycles. The minimum Gasteiger partial charge on any atom is -0.456 e. The van der Waals surface area contributed by atoms with Crippen molar-refractivity contribution in [2.24, 2.45) is 0 Å². The Hall–Kier alpha value is -7.27. The molecule has 0 N–H and O–H groups in total. The molecule has 0 saturated carbocycles. The molecule has 61 heavy (non-hydrogen) atoms. The smallest absolute Gasteiger partial charge is 0.135 e. The second-order valence-corrected chi connectivity index (χ2v) is 14.9. The third-order valence-electron chi connectivity index (χ3n) is 11.7. The number of rotatable bonds is 5. The molecule has 4 heteroatoms. The molecule has 0 fully saturated rings. The first kappa shape index (κ1) is 38.0. The summed E-state index contributed by atoms with van der Waals surface area (Å²) in [6, 6.07) is 74.5. The lowest BCUT2D eigenvalue weighted by Gasteiger charge is -2.12. The molecule has 12 rings (SSSR count). The summed E-state index contributed by atoms with van der Waals surface area (Å²) in [7, 11) is 0. The van der Waals surface area contributed by atoms with Crippen LogP contribution in [0.2, 0.25) is 0 Å². The van der Waals surface area contributed by atoms with Crippen LogP contribution in [-0.4, -0.2) is 15.4 Å². The number of benzene rings is 9. The van der Waals surface area contributed by atoms with Crippen molar-refractivity contribution in [1.29, 1.82) is 0 Å². The number of para-hydroxylation sites is 3. The first-order valence-corrected chi connectivity index (χ1v) is 21.8. The maximum absolute atomic E-state index is 6.22. The van der Waals surface area contributed by atoms with Crippen molar-refractivity contribution in [1.82, 2.24) is 9.13 Å². The van der Waals surface area contributed by atoms with Gasteiger partial charge in [0, 0.05) is 38.0 Å². The van der Waals surface area contributed by atoms with E-state index in [1.54, 1.807) is 6.26 Å². The number of nitrogens with zero attached hydrogens (tertiary/aromatic N) is 2. The number of fused-ring (bicyclic) bond motifs is 9. The molecule has 0 aliphatic carbocycles.